The van der Waals surface area contributed by atoms with Crippen LogP contribution in [0.4, 0.5) is 0 Å². The Morgan fingerprint density at radius 3 is 2.52 bits per heavy atom. The molecule has 0 unspecified atom stereocenters. The van der Waals surface area contributed by atoms with Crippen molar-refractivity contribution >= 4 is 17.3 Å². The number of aliphatic hydroxyl groups excluding tert-OH is 1. The Morgan fingerprint density at radius 1 is 1.00 bits per heavy atom. The molecule has 6 aliphatic rings. The molecule has 11 atom stereocenters. The number of benzene rings is 3. The highest BCUT2D eigenvalue weighted by molar-refractivity contribution is 6.31. The fourth-order valence-corrected chi connectivity index (χ4v) is 12.0. The normalized spacial score (nSPS) is 34.7. The van der Waals surface area contributed by atoms with Crippen LogP contribution < -0.4 is 10.1 Å². The van der Waals surface area contributed by atoms with Crippen molar-refractivity contribution in [3.8, 4) is 34.8 Å². The second-order valence-electron chi connectivity index (χ2n) is 18.4. The Bertz CT molecular complexity index is 2420. The second kappa shape index (κ2) is 14.9. The summed E-state index contributed by atoms with van der Waals surface area (Å²) < 4.78 is 17.9. The molecule has 13 heteroatoms. The molecule has 322 valence electrons. The molecule has 0 amide bonds. The minimum atomic E-state index is -2.06. The highest BCUT2D eigenvalue weighted by Crippen LogP contribution is 2.64. The number of phenolic OH excluding ortho intramolecular Hbond substituents is 3. The third-order valence-electron chi connectivity index (χ3n) is 15.4. The monoisotopic (exact) mass is 835 g/mol. The van der Waals surface area contributed by atoms with Crippen molar-refractivity contribution in [2.75, 3.05) is 13.7 Å². The summed E-state index contributed by atoms with van der Waals surface area (Å²) in [6, 6.07) is 9.59. The molecule has 13 nitrogen and oxygen atoms in total. The van der Waals surface area contributed by atoms with Crippen LogP contribution in [-0.4, -0.2) is 97.4 Å². The topological polar surface area (TPSA) is 212 Å². The number of hydrogen-bond acceptors (Lipinski definition) is 13. The molecule has 9 rings (SSSR count). The Kier molecular flexibility index (Phi) is 10.2. The molecule has 3 aromatic carbocycles. The zero-order valence-electron chi connectivity index (χ0n) is 34.8. The fourth-order valence-electron chi connectivity index (χ4n) is 12.0. The Hall–Kier alpha value is -4.81. The van der Waals surface area contributed by atoms with Crippen molar-refractivity contribution in [1.29, 1.82) is 0 Å². The number of ether oxygens (including phenoxy) is 3. The first-order chi connectivity index (χ1) is 29.0. The van der Waals surface area contributed by atoms with E-state index in [0.29, 0.717) is 29.9 Å². The zero-order valence-corrected chi connectivity index (χ0v) is 34.8. The van der Waals surface area contributed by atoms with E-state index in [1.807, 2.05) is 6.07 Å². The highest BCUT2D eigenvalue weighted by atomic mass is 16.7. The van der Waals surface area contributed by atoms with Crippen molar-refractivity contribution in [1.82, 2.24) is 5.32 Å². The highest BCUT2D eigenvalue weighted by Gasteiger charge is 2.61. The predicted molar refractivity (Wildman–Crippen MR) is 220 cm³/mol. The van der Waals surface area contributed by atoms with Gasteiger partial charge in [0.05, 0.1) is 48.7 Å². The first-order valence-corrected chi connectivity index (χ1v) is 21.4. The predicted octanol–water partition coefficient (Wildman–Crippen LogP) is 4.66. The molecule has 5 aliphatic carbocycles. The number of Topliss-reactive ketones (excluding diaryl/α,β-unsaturated/α-hetero) is 1. The standard InChI is InChI=1S/C48H53NO12/c1-23-41(52)33(49-18-6-15-48(58)17-14-32-29-11-9-25-19-26(51)10-12-27(25)28(29)13-16-46(32,48)3)20-36(60-23)61-35-22-47(57,24(2)50)21-31-38(35)45(56)40-39(43(31)54)42(53)30-7-5-8-34(59-4)37(30)44(40)55/h5,7-8,10,12,19,23,28-29,32-33,35-36,41,49,51-52,54,56-58H,9,11,13-14,16-18,20-22H2,1-4H3/t23-,28+,29+,32-,33-,35-,36-,41+,46-,47-,48-/m0/s1. The Balaban J connectivity index is 0.939. The van der Waals surface area contributed by atoms with Gasteiger partial charge < -0.3 is 50.2 Å². The van der Waals surface area contributed by atoms with Gasteiger partial charge in [-0.25, -0.2) is 0 Å². The third kappa shape index (κ3) is 6.40. The molecule has 3 aromatic rings. The van der Waals surface area contributed by atoms with Gasteiger partial charge in [0.25, 0.3) is 0 Å². The Labute approximate surface area is 354 Å². The summed E-state index contributed by atoms with van der Waals surface area (Å²) >= 11 is 0. The summed E-state index contributed by atoms with van der Waals surface area (Å²) in [5, 5.41) is 71.9. The van der Waals surface area contributed by atoms with Crippen molar-refractivity contribution in [3.05, 3.63) is 80.9 Å². The lowest BCUT2D eigenvalue weighted by molar-refractivity contribution is -0.249. The number of carbonyl (C=O) groups excluding carboxylic acids is 3. The van der Waals surface area contributed by atoms with E-state index in [1.165, 1.54) is 43.4 Å². The van der Waals surface area contributed by atoms with Gasteiger partial charge in [-0.15, -0.1) is 0 Å². The molecule has 0 bridgehead atoms. The molecule has 1 saturated heterocycles. The fraction of sp³-hybridized carbons (Fsp3) is 0.521. The zero-order chi connectivity index (χ0) is 43.3. The number of fused-ring (bicyclic) bond motifs is 8. The number of methoxy groups -OCH3 is 1. The lowest BCUT2D eigenvalue weighted by Gasteiger charge is -2.52. The minimum Gasteiger partial charge on any atom is -0.508 e. The largest absolute Gasteiger partial charge is 0.508 e. The van der Waals surface area contributed by atoms with E-state index in [-0.39, 0.29) is 52.8 Å². The average molecular weight is 836 g/mol. The number of aliphatic hydroxyl groups is 3. The number of rotatable bonds is 6. The Morgan fingerprint density at radius 2 is 1.77 bits per heavy atom. The number of phenols is 3. The van der Waals surface area contributed by atoms with Gasteiger partial charge in [0.2, 0.25) is 5.78 Å². The van der Waals surface area contributed by atoms with E-state index < -0.39 is 88.2 Å². The van der Waals surface area contributed by atoms with E-state index in [0.717, 1.165) is 32.1 Å². The van der Waals surface area contributed by atoms with Gasteiger partial charge in [0.1, 0.15) is 34.2 Å². The smallest absolute Gasteiger partial charge is 0.202 e. The van der Waals surface area contributed by atoms with Crippen molar-refractivity contribution in [3.63, 3.8) is 0 Å². The quantitative estimate of drug-likeness (QED) is 0.104. The maximum atomic E-state index is 14.0. The first-order valence-electron chi connectivity index (χ1n) is 21.4. The average Bonchev–Trinajstić information content (AvgIpc) is 3.50. The SMILES string of the molecule is COc1cccc2c1C(=O)c1c(O)c3c(c(O)c1C2=O)C[C@@](O)(C(C)=O)C[C@@H]3O[C@H]1C[C@H](NCC#C[C@]2(O)CC[C@H]3[C@@H]4CCc5cc(O)ccc5[C@H]4CC[C@@]32C)[C@H](O)[C@H](C)O1. The van der Waals surface area contributed by atoms with Gasteiger partial charge in [-0.3, -0.25) is 14.4 Å². The van der Waals surface area contributed by atoms with Crippen LogP contribution in [0.3, 0.4) is 0 Å². The van der Waals surface area contributed by atoms with Crippen LogP contribution in [0.5, 0.6) is 23.0 Å². The number of carbonyl (C=O) groups is 3. The lowest BCUT2D eigenvalue weighted by Crippen LogP contribution is -2.54. The van der Waals surface area contributed by atoms with Gasteiger partial charge in [0, 0.05) is 47.4 Å². The van der Waals surface area contributed by atoms with Gasteiger partial charge >= 0.3 is 0 Å². The van der Waals surface area contributed by atoms with Crippen LogP contribution in [-0.2, 0) is 27.1 Å². The van der Waals surface area contributed by atoms with Gasteiger partial charge in [-0.2, -0.15) is 0 Å². The molecule has 0 aromatic heterocycles. The van der Waals surface area contributed by atoms with Crippen LogP contribution in [0, 0.1) is 29.1 Å². The molecule has 2 saturated carbocycles. The number of aryl methyl sites for hydroxylation is 1. The summed E-state index contributed by atoms with van der Waals surface area (Å²) in [6.45, 7) is 5.18. The van der Waals surface area contributed by atoms with Crippen LogP contribution in [0.2, 0.25) is 0 Å². The van der Waals surface area contributed by atoms with Crippen molar-refractivity contribution in [2.24, 2.45) is 17.3 Å². The molecule has 3 fully saturated rings. The van der Waals surface area contributed by atoms with Crippen molar-refractivity contribution in [2.45, 2.75) is 126 Å². The van der Waals surface area contributed by atoms with Crippen LogP contribution >= 0.6 is 0 Å². The van der Waals surface area contributed by atoms with E-state index >= 15 is 0 Å². The molecular weight excluding hydrogens is 783 g/mol. The summed E-state index contributed by atoms with van der Waals surface area (Å²) in [5.74, 6) is 4.59. The van der Waals surface area contributed by atoms with E-state index in [2.05, 4.69) is 30.1 Å². The number of hydrogen-bond donors (Lipinski definition) is 7. The summed E-state index contributed by atoms with van der Waals surface area (Å²) in [7, 11) is 1.35. The number of nitrogens with one attached hydrogen (secondary N) is 1. The maximum Gasteiger partial charge on any atom is 0.202 e. The van der Waals surface area contributed by atoms with E-state index in [9.17, 15) is 45.0 Å². The lowest BCUT2D eigenvalue weighted by atomic mass is 9.53. The summed E-state index contributed by atoms with van der Waals surface area (Å²) in [5.41, 5.74) is -2.21. The van der Waals surface area contributed by atoms with Crippen LogP contribution in [0.1, 0.15) is 132 Å². The molecule has 0 spiro atoms. The summed E-state index contributed by atoms with van der Waals surface area (Å²) in [6.07, 6.45) is 0.298. The molecule has 1 aliphatic heterocycles. The van der Waals surface area contributed by atoms with Crippen LogP contribution in [0.25, 0.3) is 0 Å². The maximum absolute atomic E-state index is 14.0. The first kappa shape index (κ1) is 41.5. The van der Waals surface area contributed by atoms with Crippen molar-refractivity contribution < 1.29 is 59.2 Å². The van der Waals surface area contributed by atoms with Gasteiger partial charge in [-0.1, -0.05) is 37.0 Å². The van der Waals surface area contributed by atoms with Crippen LogP contribution in [0.15, 0.2) is 36.4 Å². The molecule has 61 heavy (non-hydrogen) atoms. The minimum absolute atomic E-state index is 0.0275. The van der Waals surface area contributed by atoms with Gasteiger partial charge in [-0.05, 0) is 99.5 Å². The number of ketones is 3. The molecular formula is C48H53NO12. The molecule has 7 N–H and O–H groups in total. The molecule has 1 heterocycles. The second-order valence-corrected chi connectivity index (χ2v) is 18.4. The van der Waals surface area contributed by atoms with E-state index in [4.69, 9.17) is 14.2 Å². The van der Waals surface area contributed by atoms with Gasteiger partial charge in [0.15, 0.2) is 17.9 Å². The number of aromatic hydroxyl groups is 3. The summed E-state index contributed by atoms with van der Waals surface area (Å²) in [4.78, 5) is 40.8. The molecule has 0 radical (unpaired) electrons. The van der Waals surface area contributed by atoms with E-state index in [1.54, 1.807) is 13.0 Å². The third-order valence-corrected chi connectivity index (χ3v) is 15.4.